The van der Waals surface area contributed by atoms with E-state index in [0.717, 1.165) is 27.7 Å². The number of carbonyl (C=O) groups is 1. The number of aromatic nitrogens is 1. The van der Waals surface area contributed by atoms with E-state index < -0.39 is 32.9 Å². The van der Waals surface area contributed by atoms with E-state index in [9.17, 15) is 13.2 Å². The summed E-state index contributed by atoms with van der Waals surface area (Å²) in [5.41, 5.74) is 0.762. The van der Waals surface area contributed by atoms with E-state index in [4.69, 9.17) is 9.52 Å². The molecule has 2 aromatic rings. The van der Waals surface area contributed by atoms with Crippen molar-refractivity contribution in [3.05, 3.63) is 33.5 Å². The summed E-state index contributed by atoms with van der Waals surface area (Å²) in [6.45, 7) is 5.34. The van der Waals surface area contributed by atoms with Crippen molar-refractivity contribution in [3.63, 3.8) is 0 Å². The largest absolute Gasteiger partial charge is 0.475 e. The number of carboxylic acid groups (broad SMARTS) is 1. The molecule has 114 valence electrons. The molecule has 0 aromatic carbocycles. The molecule has 0 aliphatic rings. The number of aromatic carboxylic acids is 1. The van der Waals surface area contributed by atoms with E-state index in [1.165, 1.54) is 11.3 Å². The minimum absolute atomic E-state index is 0.423. The van der Waals surface area contributed by atoms with E-state index in [1.54, 1.807) is 13.8 Å². The van der Waals surface area contributed by atoms with E-state index in [2.05, 4.69) is 9.71 Å². The van der Waals surface area contributed by atoms with Crippen molar-refractivity contribution in [1.29, 1.82) is 0 Å². The predicted octanol–water partition coefficient (Wildman–Crippen LogP) is 2.09. The highest BCUT2D eigenvalue weighted by Gasteiger charge is 2.25. The highest BCUT2D eigenvalue weighted by Crippen LogP contribution is 2.26. The van der Waals surface area contributed by atoms with Gasteiger partial charge in [-0.15, -0.1) is 11.3 Å². The fraction of sp³-hybridized carbons (Fsp3) is 0.333. The molecule has 0 amide bonds. The van der Waals surface area contributed by atoms with Gasteiger partial charge in [-0.2, -0.15) is 0 Å². The van der Waals surface area contributed by atoms with Gasteiger partial charge in [0.2, 0.25) is 10.9 Å². The Hall–Kier alpha value is -1.71. The normalized spacial score (nSPS) is 13.3. The lowest BCUT2D eigenvalue weighted by molar-refractivity contribution is 0.0656. The Bertz CT molecular complexity index is 775. The Labute approximate surface area is 125 Å². The lowest BCUT2D eigenvalue weighted by Crippen LogP contribution is -2.26. The third-order valence-corrected chi connectivity index (χ3v) is 5.39. The summed E-state index contributed by atoms with van der Waals surface area (Å²) in [4.78, 5) is 15.8. The average Bonchev–Trinajstić information content (AvgIpc) is 2.95. The second kappa shape index (κ2) is 5.58. The third-order valence-electron chi connectivity index (χ3n) is 2.72. The molecule has 0 bridgehead atoms. The molecule has 2 heterocycles. The number of aryl methyl sites for hydroxylation is 2. The molecule has 0 saturated heterocycles. The lowest BCUT2D eigenvalue weighted by Gasteiger charge is -2.11. The molecular formula is C12H14N2O5S2. The van der Waals surface area contributed by atoms with Crippen LogP contribution in [-0.2, 0) is 10.0 Å². The molecule has 9 heteroatoms. The molecule has 0 spiro atoms. The molecule has 0 aliphatic carbocycles. The molecule has 1 unspecified atom stereocenters. The van der Waals surface area contributed by atoms with Crippen LogP contribution in [0.1, 0.15) is 39.1 Å². The molecule has 2 aromatic heterocycles. The maximum atomic E-state index is 12.2. The molecule has 0 saturated carbocycles. The van der Waals surface area contributed by atoms with Crippen molar-refractivity contribution in [2.45, 2.75) is 31.9 Å². The van der Waals surface area contributed by atoms with Gasteiger partial charge in [-0.3, -0.25) is 0 Å². The zero-order valence-electron chi connectivity index (χ0n) is 11.6. The molecule has 1 atom stereocenters. The van der Waals surface area contributed by atoms with Crippen molar-refractivity contribution in [2.24, 2.45) is 0 Å². The summed E-state index contributed by atoms with van der Waals surface area (Å²) in [6.07, 6.45) is 0. The van der Waals surface area contributed by atoms with Crippen LogP contribution in [0.4, 0.5) is 0 Å². The third kappa shape index (κ3) is 3.31. The summed E-state index contributed by atoms with van der Waals surface area (Å²) in [6, 6.07) is 1.73. The average molecular weight is 330 g/mol. The van der Waals surface area contributed by atoms with Crippen LogP contribution < -0.4 is 4.72 Å². The lowest BCUT2D eigenvalue weighted by atomic mass is 10.2. The van der Waals surface area contributed by atoms with Crippen LogP contribution in [0.25, 0.3) is 0 Å². The summed E-state index contributed by atoms with van der Waals surface area (Å²) in [7, 11) is -3.93. The highest BCUT2D eigenvalue weighted by atomic mass is 32.2. The number of nitrogens with one attached hydrogen (secondary N) is 1. The van der Waals surface area contributed by atoms with Gasteiger partial charge in [0.05, 0.1) is 16.7 Å². The Kier molecular flexibility index (Phi) is 4.17. The molecular weight excluding hydrogens is 316 g/mol. The first-order chi connectivity index (χ1) is 9.70. The second-order valence-corrected chi connectivity index (χ2v) is 7.33. The second-order valence-electron chi connectivity index (χ2n) is 4.45. The van der Waals surface area contributed by atoms with Gasteiger partial charge in [0.1, 0.15) is 0 Å². The molecule has 2 N–H and O–H groups in total. The summed E-state index contributed by atoms with van der Waals surface area (Å²) in [5, 5.41) is 9.17. The Morgan fingerprint density at radius 1 is 1.43 bits per heavy atom. The fourth-order valence-corrected chi connectivity index (χ4v) is 4.02. The van der Waals surface area contributed by atoms with Gasteiger partial charge < -0.3 is 9.52 Å². The maximum Gasteiger partial charge on any atom is 0.371 e. The molecule has 2 rings (SSSR count). The van der Waals surface area contributed by atoms with Crippen LogP contribution in [-0.4, -0.2) is 24.5 Å². The van der Waals surface area contributed by atoms with Crippen molar-refractivity contribution in [3.8, 4) is 0 Å². The number of rotatable bonds is 5. The number of hydrogen-bond acceptors (Lipinski definition) is 6. The Morgan fingerprint density at radius 2 is 2.10 bits per heavy atom. The van der Waals surface area contributed by atoms with Crippen molar-refractivity contribution in [2.75, 3.05) is 0 Å². The zero-order valence-corrected chi connectivity index (χ0v) is 13.2. The fourth-order valence-electron chi connectivity index (χ4n) is 1.87. The Morgan fingerprint density at radius 3 is 2.57 bits per heavy atom. The summed E-state index contributed by atoms with van der Waals surface area (Å²) in [5.74, 6) is -1.74. The van der Waals surface area contributed by atoms with Crippen molar-refractivity contribution in [1.82, 2.24) is 9.71 Å². The van der Waals surface area contributed by atoms with Crippen LogP contribution in [0.3, 0.4) is 0 Å². The van der Waals surface area contributed by atoms with Gasteiger partial charge in [-0.1, -0.05) is 0 Å². The first-order valence-corrected chi connectivity index (χ1v) is 8.30. The number of carboxylic acids is 1. The topological polar surface area (TPSA) is 110 Å². The van der Waals surface area contributed by atoms with E-state index in [-0.39, 0.29) is 0 Å². The van der Waals surface area contributed by atoms with Gasteiger partial charge in [0.15, 0.2) is 0 Å². The molecule has 7 nitrogen and oxygen atoms in total. The van der Waals surface area contributed by atoms with E-state index >= 15 is 0 Å². The van der Waals surface area contributed by atoms with Gasteiger partial charge in [-0.25, -0.2) is 22.9 Å². The highest BCUT2D eigenvalue weighted by molar-refractivity contribution is 7.89. The monoisotopic (exact) mass is 330 g/mol. The molecule has 21 heavy (non-hydrogen) atoms. The molecule has 0 fully saturated rings. The standard InChI is InChI=1S/C12H14N2O5S2/c1-6-11(20-8(3)13-6)7(2)14-21(17,18)10-5-4-9(19-10)12(15)16/h4-5,7,14H,1-3H3,(H,15,16). The minimum Gasteiger partial charge on any atom is -0.475 e. The van der Waals surface area contributed by atoms with Crippen LogP contribution in [0.15, 0.2) is 21.6 Å². The Balaban J connectivity index is 2.24. The van der Waals surface area contributed by atoms with Crippen molar-refractivity contribution >= 4 is 27.3 Å². The minimum atomic E-state index is -3.93. The maximum absolute atomic E-state index is 12.2. The molecule has 0 aliphatic heterocycles. The zero-order chi connectivity index (χ0) is 15.8. The van der Waals surface area contributed by atoms with Crippen LogP contribution in [0.2, 0.25) is 0 Å². The number of nitrogens with zero attached hydrogens (tertiary/aromatic N) is 1. The van der Waals surface area contributed by atoms with E-state index in [0.29, 0.717) is 0 Å². The van der Waals surface area contributed by atoms with Crippen LogP contribution in [0.5, 0.6) is 0 Å². The van der Waals surface area contributed by atoms with Crippen LogP contribution in [0, 0.1) is 13.8 Å². The van der Waals surface area contributed by atoms with Crippen molar-refractivity contribution < 1.29 is 22.7 Å². The van der Waals surface area contributed by atoms with Crippen LogP contribution >= 0.6 is 11.3 Å². The van der Waals surface area contributed by atoms with Gasteiger partial charge in [-0.05, 0) is 32.9 Å². The van der Waals surface area contributed by atoms with Gasteiger partial charge in [0, 0.05) is 4.88 Å². The number of sulfonamides is 1. The first-order valence-electron chi connectivity index (χ1n) is 6.00. The number of hydrogen-bond donors (Lipinski definition) is 2. The first kappa shape index (κ1) is 15.7. The summed E-state index contributed by atoms with van der Waals surface area (Å²) < 4.78 is 31.6. The molecule has 0 radical (unpaired) electrons. The quantitative estimate of drug-likeness (QED) is 0.868. The van der Waals surface area contributed by atoms with Gasteiger partial charge in [0.25, 0.3) is 10.0 Å². The SMILES string of the molecule is Cc1nc(C)c(C(C)NS(=O)(=O)c2ccc(C(=O)O)o2)s1. The predicted molar refractivity (Wildman–Crippen MR) is 76.0 cm³/mol. The smallest absolute Gasteiger partial charge is 0.371 e. The van der Waals surface area contributed by atoms with Gasteiger partial charge >= 0.3 is 5.97 Å². The number of thiazole rings is 1. The number of furan rings is 1. The summed E-state index contributed by atoms with van der Waals surface area (Å²) >= 11 is 1.41. The van der Waals surface area contributed by atoms with E-state index in [1.807, 2.05) is 6.92 Å².